The molecule has 4 atom stereocenters. The van der Waals surface area contributed by atoms with Crippen LogP contribution in [-0.2, 0) is 19.1 Å². The molecule has 0 radical (unpaired) electrons. The predicted molar refractivity (Wildman–Crippen MR) is 168 cm³/mol. The maximum absolute atomic E-state index is 13.8. The summed E-state index contributed by atoms with van der Waals surface area (Å²) in [5, 5.41) is 42.1. The van der Waals surface area contributed by atoms with Crippen LogP contribution in [0.1, 0.15) is 55.6 Å². The van der Waals surface area contributed by atoms with Crippen molar-refractivity contribution in [3.63, 3.8) is 0 Å². The number of carbonyl (C=O) groups excluding carboxylic acids is 4. The zero-order chi connectivity index (χ0) is 34.2. The maximum Gasteiger partial charge on any atom is 0.408 e. The average Bonchev–Trinajstić information content (AvgIpc) is 3.00. The van der Waals surface area contributed by atoms with Crippen LogP contribution < -0.4 is 26.0 Å². The first kappa shape index (κ1) is 35.5. The second-order valence-electron chi connectivity index (χ2n) is 11.1. The first-order chi connectivity index (χ1) is 21.6. The molecule has 0 fully saturated rings. The van der Waals surface area contributed by atoms with E-state index >= 15 is 0 Å². The SMILES string of the molecule is CNC(=O)[C@H](NC(=O)[C@@H](NC(=O)[C@H](NC(=O)OC(C)(C)C)[C@H](O)c1ccc(Cl)cc1)c1ccccc1)c1cc(O)c(OC)c(O)c1. The van der Waals surface area contributed by atoms with Gasteiger partial charge in [0.2, 0.25) is 23.5 Å². The summed E-state index contributed by atoms with van der Waals surface area (Å²) in [6.45, 7) is 4.87. The van der Waals surface area contributed by atoms with Gasteiger partial charge in [-0.1, -0.05) is 54.1 Å². The fourth-order valence-electron chi connectivity index (χ4n) is 4.42. The van der Waals surface area contributed by atoms with Crippen molar-refractivity contribution in [3.05, 3.63) is 88.4 Å². The van der Waals surface area contributed by atoms with Gasteiger partial charge in [-0.15, -0.1) is 0 Å². The molecular weight excluding hydrogens is 620 g/mol. The molecule has 246 valence electrons. The number of hydrogen-bond donors (Lipinski definition) is 7. The molecule has 0 saturated heterocycles. The number of aromatic hydroxyl groups is 2. The van der Waals surface area contributed by atoms with Gasteiger partial charge in [0.15, 0.2) is 11.5 Å². The number of alkyl carbamates (subject to hydrolysis) is 1. The summed E-state index contributed by atoms with van der Waals surface area (Å²) >= 11 is 5.98. The van der Waals surface area contributed by atoms with Gasteiger partial charge in [0, 0.05) is 12.1 Å². The van der Waals surface area contributed by atoms with Crippen LogP contribution in [0.3, 0.4) is 0 Å². The molecule has 3 rings (SSSR count). The quantitative estimate of drug-likeness (QED) is 0.162. The van der Waals surface area contributed by atoms with Crippen LogP contribution in [0.4, 0.5) is 4.79 Å². The van der Waals surface area contributed by atoms with Crippen molar-refractivity contribution in [2.75, 3.05) is 14.2 Å². The Morgan fingerprint density at radius 3 is 1.83 bits per heavy atom. The van der Waals surface area contributed by atoms with Crippen molar-refractivity contribution in [3.8, 4) is 17.2 Å². The number of phenols is 2. The van der Waals surface area contributed by atoms with Crippen LogP contribution in [0.15, 0.2) is 66.7 Å². The summed E-state index contributed by atoms with van der Waals surface area (Å²) < 4.78 is 10.3. The Kier molecular flexibility index (Phi) is 11.8. The Morgan fingerprint density at radius 2 is 1.30 bits per heavy atom. The molecule has 0 aromatic heterocycles. The standard InChI is InChI=1S/C32H37ClN4O9/c1-32(2,3)46-31(44)37-25(26(40)18-11-13-20(33)14-12-18)30(43)35-23(17-9-7-6-8-10-17)29(42)36-24(28(41)34-4)19-15-21(38)27(45-5)22(39)16-19/h6-16,23-26,38-40H,1-5H3,(H,34,41)(H,35,43)(H,36,42)(H,37,44)/t23-,24+,25+,26+/m0/s1. The van der Waals surface area contributed by atoms with E-state index in [1.165, 1.54) is 38.4 Å². The van der Waals surface area contributed by atoms with E-state index in [-0.39, 0.29) is 16.9 Å². The number of aliphatic hydroxyl groups is 1. The van der Waals surface area contributed by atoms with E-state index in [2.05, 4.69) is 21.3 Å². The molecule has 13 nitrogen and oxygen atoms in total. The Hall–Kier alpha value is -5.01. The molecule has 0 aliphatic carbocycles. The Balaban J connectivity index is 1.99. The number of methoxy groups -OCH3 is 1. The van der Waals surface area contributed by atoms with Crippen LogP contribution in [0.2, 0.25) is 5.02 Å². The molecule has 0 heterocycles. The van der Waals surface area contributed by atoms with E-state index in [1.807, 2.05) is 0 Å². The summed E-state index contributed by atoms with van der Waals surface area (Å²) in [5.41, 5.74) is -0.395. The number of likely N-dealkylation sites (N-methyl/N-ethyl adjacent to an activating group) is 1. The minimum absolute atomic E-state index is 0.00395. The Bertz CT molecular complexity index is 1520. The third kappa shape index (κ3) is 9.25. The lowest BCUT2D eigenvalue weighted by molar-refractivity contribution is -0.133. The van der Waals surface area contributed by atoms with Gasteiger partial charge in [-0.3, -0.25) is 14.4 Å². The van der Waals surface area contributed by atoms with Gasteiger partial charge in [0.25, 0.3) is 0 Å². The highest BCUT2D eigenvalue weighted by atomic mass is 35.5. The molecule has 0 bridgehead atoms. The second kappa shape index (κ2) is 15.3. The van der Waals surface area contributed by atoms with Gasteiger partial charge < -0.3 is 46.1 Å². The lowest BCUT2D eigenvalue weighted by atomic mass is 9.99. The molecule has 0 aliphatic heterocycles. The van der Waals surface area contributed by atoms with Crippen LogP contribution in [-0.4, -0.2) is 64.9 Å². The van der Waals surface area contributed by atoms with E-state index in [9.17, 15) is 34.5 Å². The van der Waals surface area contributed by atoms with Crippen molar-refractivity contribution >= 4 is 35.4 Å². The number of carbonyl (C=O) groups is 4. The average molecular weight is 657 g/mol. The lowest BCUT2D eigenvalue weighted by Gasteiger charge is -2.29. The van der Waals surface area contributed by atoms with Crippen LogP contribution >= 0.6 is 11.6 Å². The van der Waals surface area contributed by atoms with Gasteiger partial charge >= 0.3 is 6.09 Å². The maximum atomic E-state index is 13.8. The minimum Gasteiger partial charge on any atom is -0.504 e. The molecule has 3 aromatic rings. The summed E-state index contributed by atoms with van der Waals surface area (Å²) in [6.07, 6.45) is -2.60. The predicted octanol–water partition coefficient (Wildman–Crippen LogP) is 3.15. The van der Waals surface area contributed by atoms with Gasteiger partial charge in [0.05, 0.1) is 7.11 Å². The van der Waals surface area contributed by atoms with E-state index in [1.54, 1.807) is 51.1 Å². The van der Waals surface area contributed by atoms with Crippen LogP contribution in [0.25, 0.3) is 0 Å². The Labute approximate surface area is 270 Å². The highest BCUT2D eigenvalue weighted by Gasteiger charge is 2.36. The normalized spacial score (nSPS) is 13.7. The summed E-state index contributed by atoms with van der Waals surface area (Å²) in [4.78, 5) is 53.3. The molecule has 0 saturated carbocycles. The molecule has 14 heteroatoms. The van der Waals surface area contributed by atoms with E-state index in [0.29, 0.717) is 10.6 Å². The van der Waals surface area contributed by atoms with Crippen LogP contribution in [0, 0.1) is 0 Å². The fourth-order valence-corrected chi connectivity index (χ4v) is 4.54. The topological polar surface area (TPSA) is 196 Å². The monoisotopic (exact) mass is 656 g/mol. The zero-order valence-corrected chi connectivity index (χ0v) is 26.6. The third-order valence-electron chi connectivity index (χ3n) is 6.57. The highest BCUT2D eigenvalue weighted by molar-refractivity contribution is 6.30. The van der Waals surface area contributed by atoms with Crippen molar-refractivity contribution in [2.24, 2.45) is 0 Å². The molecule has 3 aromatic carbocycles. The molecular formula is C32H37ClN4O9. The molecule has 4 amide bonds. The number of nitrogens with one attached hydrogen (secondary N) is 4. The van der Waals surface area contributed by atoms with Gasteiger partial charge in [-0.2, -0.15) is 0 Å². The van der Waals surface area contributed by atoms with Crippen molar-refractivity contribution in [1.82, 2.24) is 21.3 Å². The lowest BCUT2D eigenvalue weighted by Crippen LogP contribution is -2.54. The fraction of sp³-hybridized carbons (Fsp3) is 0.312. The molecule has 46 heavy (non-hydrogen) atoms. The molecule has 7 N–H and O–H groups in total. The third-order valence-corrected chi connectivity index (χ3v) is 6.82. The van der Waals surface area contributed by atoms with E-state index in [4.69, 9.17) is 21.1 Å². The number of phenolic OH excluding ortho intramolecular Hbond substituents is 2. The van der Waals surface area contributed by atoms with Gasteiger partial charge in [-0.25, -0.2) is 4.79 Å². The van der Waals surface area contributed by atoms with Crippen molar-refractivity contribution in [2.45, 2.75) is 50.6 Å². The number of hydrogen-bond acceptors (Lipinski definition) is 9. The first-order valence-electron chi connectivity index (χ1n) is 14.0. The number of halogens is 1. The number of rotatable bonds is 11. The van der Waals surface area contributed by atoms with Crippen LogP contribution in [0.5, 0.6) is 17.2 Å². The number of aliphatic hydroxyl groups excluding tert-OH is 1. The number of amides is 4. The molecule has 0 spiro atoms. The smallest absolute Gasteiger partial charge is 0.408 e. The van der Waals surface area contributed by atoms with Crippen molar-refractivity contribution in [1.29, 1.82) is 0 Å². The van der Waals surface area contributed by atoms with E-state index < -0.39 is 65.1 Å². The summed E-state index contributed by atoms with van der Waals surface area (Å²) in [5.74, 6) is -3.75. The molecule has 0 aliphatic rings. The first-order valence-corrected chi connectivity index (χ1v) is 14.4. The zero-order valence-electron chi connectivity index (χ0n) is 25.8. The number of benzene rings is 3. The van der Waals surface area contributed by atoms with E-state index in [0.717, 1.165) is 12.1 Å². The Morgan fingerprint density at radius 1 is 0.761 bits per heavy atom. The molecule has 0 unspecified atom stereocenters. The number of ether oxygens (including phenoxy) is 2. The van der Waals surface area contributed by atoms with Gasteiger partial charge in [0.1, 0.15) is 29.8 Å². The second-order valence-corrected chi connectivity index (χ2v) is 11.6. The van der Waals surface area contributed by atoms with Gasteiger partial charge in [-0.05, 0) is 61.7 Å². The van der Waals surface area contributed by atoms with Crippen molar-refractivity contribution < 1.29 is 44.0 Å². The largest absolute Gasteiger partial charge is 0.504 e. The minimum atomic E-state index is -1.65. The summed E-state index contributed by atoms with van der Waals surface area (Å²) in [7, 11) is 2.56. The summed E-state index contributed by atoms with van der Waals surface area (Å²) in [6, 6.07) is 11.7. The highest BCUT2D eigenvalue weighted by Crippen LogP contribution is 2.38.